The van der Waals surface area contributed by atoms with Gasteiger partial charge in [-0.05, 0) is 43.3 Å². The molecule has 122 valence electrons. The molecule has 0 amide bonds. The van der Waals surface area contributed by atoms with Crippen LogP contribution >= 0.6 is 11.3 Å². The van der Waals surface area contributed by atoms with Gasteiger partial charge in [0.05, 0.1) is 0 Å². The minimum atomic E-state index is 0.227. The van der Waals surface area contributed by atoms with Crippen LogP contribution < -0.4 is 0 Å². The molecule has 23 heavy (non-hydrogen) atoms. The van der Waals surface area contributed by atoms with Crippen molar-refractivity contribution >= 4 is 22.3 Å². The smallest absolute Gasteiger partial charge is 0.134 e. The third-order valence-electron chi connectivity index (χ3n) is 4.25. The van der Waals surface area contributed by atoms with Gasteiger partial charge < -0.3 is 9.52 Å². The van der Waals surface area contributed by atoms with Gasteiger partial charge in [0, 0.05) is 42.1 Å². The summed E-state index contributed by atoms with van der Waals surface area (Å²) in [4.78, 5) is 3.80. The van der Waals surface area contributed by atoms with Crippen molar-refractivity contribution in [3.05, 3.63) is 57.5 Å². The molecule has 2 aromatic heterocycles. The number of fused-ring (bicyclic) bond motifs is 1. The van der Waals surface area contributed by atoms with Crippen molar-refractivity contribution in [2.45, 2.75) is 33.4 Å². The van der Waals surface area contributed by atoms with Crippen LogP contribution in [0.2, 0.25) is 0 Å². The molecule has 0 bridgehead atoms. The summed E-state index contributed by atoms with van der Waals surface area (Å²) < 4.78 is 5.89. The molecule has 1 aromatic carbocycles. The van der Waals surface area contributed by atoms with Gasteiger partial charge in [0.15, 0.2) is 0 Å². The first-order chi connectivity index (χ1) is 11.2. The van der Waals surface area contributed by atoms with Crippen LogP contribution in [0.25, 0.3) is 11.0 Å². The largest absolute Gasteiger partial charge is 0.461 e. The summed E-state index contributed by atoms with van der Waals surface area (Å²) >= 11 is 1.80. The second-order valence-corrected chi connectivity index (χ2v) is 6.95. The molecule has 0 saturated heterocycles. The highest BCUT2D eigenvalue weighted by molar-refractivity contribution is 7.10. The third kappa shape index (κ3) is 3.66. The first-order valence-corrected chi connectivity index (χ1v) is 8.90. The molecular weight excluding hydrogens is 306 g/mol. The molecular formula is C19H23NO2S. The van der Waals surface area contributed by atoms with Crippen molar-refractivity contribution in [1.82, 2.24) is 4.90 Å². The molecule has 0 spiro atoms. The monoisotopic (exact) mass is 329 g/mol. The van der Waals surface area contributed by atoms with Gasteiger partial charge in [-0.1, -0.05) is 18.2 Å². The predicted molar refractivity (Wildman–Crippen MR) is 95.8 cm³/mol. The Morgan fingerprint density at radius 1 is 1.13 bits per heavy atom. The molecule has 3 aromatic rings. The van der Waals surface area contributed by atoms with E-state index in [0.717, 1.165) is 37.4 Å². The summed E-state index contributed by atoms with van der Waals surface area (Å²) in [5, 5.41) is 12.5. The van der Waals surface area contributed by atoms with Crippen molar-refractivity contribution in [3.8, 4) is 0 Å². The lowest BCUT2D eigenvalue weighted by Gasteiger charge is -2.22. The van der Waals surface area contributed by atoms with Crippen molar-refractivity contribution in [3.63, 3.8) is 0 Å². The third-order valence-corrected chi connectivity index (χ3v) is 5.26. The van der Waals surface area contributed by atoms with E-state index in [1.165, 1.54) is 21.4 Å². The Balaban J connectivity index is 1.84. The fraction of sp³-hybridized carbons (Fsp3) is 0.368. The molecule has 0 aliphatic heterocycles. The molecule has 4 heteroatoms. The zero-order valence-corrected chi connectivity index (χ0v) is 14.5. The highest BCUT2D eigenvalue weighted by Crippen LogP contribution is 2.27. The van der Waals surface area contributed by atoms with Crippen LogP contribution in [-0.2, 0) is 13.1 Å². The molecule has 0 radical (unpaired) electrons. The van der Waals surface area contributed by atoms with Gasteiger partial charge in [-0.25, -0.2) is 0 Å². The van der Waals surface area contributed by atoms with Crippen LogP contribution in [-0.4, -0.2) is 23.2 Å². The Hall–Kier alpha value is -1.62. The Bertz CT molecular complexity index is 775. The SMILES string of the molecule is Cc1ccsc1CN(CCCO)Cc1c(C)oc2ccccc12. The summed E-state index contributed by atoms with van der Waals surface area (Å²) in [7, 11) is 0. The maximum atomic E-state index is 9.21. The number of hydrogen-bond donors (Lipinski definition) is 1. The average molecular weight is 329 g/mol. The molecule has 1 N–H and O–H groups in total. The van der Waals surface area contributed by atoms with E-state index in [-0.39, 0.29) is 6.61 Å². The van der Waals surface area contributed by atoms with E-state index in [9.17, 15) is 5.11 Å². The number of aryl methyl sites for hydroxylation is 2. The number of hydrogen-bond acceptors (Lipinski definition) is 4. The van der Waals surface area contributed by atoms with Gasteiger partial charge in [0.25, 0.3) is 0 Å². The Morgan fingerprint density at radius 2 is 1.96 bits per heavy atom. The molecule has 2 heterocycles. The van der Waals surface area contributed by atoms with Crippen LogP contribution in [0.1, 0.15) is 28.2 Å². The summed E-state index contributed by atoms with van der Waals surface area (Å²) in [5.74, 6) is 0.989. The predicted octanol–water partition coefficient (Wildman–Crippen LogP) is 4.50. The van der Waals surface area contributed by atoms with E-state index in [2.05, 4.69) is 35.4 Å². The molecule has 0 atom stereocenters. The van der Waals surface area contributed by atoms with Crippen LogP contribution in [0.4, 0.5) is 0 Å². The Labute approximate surface area is 141 Å². The molecule has 0 saturated carbocycles. The summed E-state index contributed by atoms with van der Waals surface area (Å²) in [6.45, 7) is 7.07. The van der Waals surface area contributed by atoms with Crippen LogP contribution in [0, 0.1) is 13.8 Å². The van der Waals surface area contributed by atoms with Gasteiger partial charge in [-0.2, -0.15) is 0 Å². The summed E-state index contributed by atoms with van der Waals surface area (Å²) in [5.41, 5.74) is 3.56. The van der Waals surface area contributed by atoms with E-state index in [0.29, 0.717) is 0 Å². The van der Waals surface area contributed by atoms with Gasteiger partial charge >= 0.3 is 0 Å². The lowest BCUT2D eigenvalue weighted by Crippen LogP contribution is -2.24. The number of aliphatic hydroxyl groups excluding tert-OH is 1. The Kier molecular flexibility index (Phi) is 5.16. The number of benzene rings is 1. The number of aliphatic hydroxyl groups is 1. The fourth-order valence-electron chi connectivity index (χ4n) is 2.92. The van der Waals surface area contributed by atoms with Gasteiger partial charge in [0.2, 0.25) is 0 Å². The quantitative estimate of drug-likeness (QED) is 0.693. The summed E-state index contributed by atoms with van der Waals surface area (Å²) in [6, 6.07) is 10.4. The fourth-order valence-corrected chi connectivity index (χ4v) is 3.87. The van der Waals surface area contributed by atoms with Crippen LogP contribution in [0.5, 0.6) is 0 Å². The zero-order valence-electron chi connectivity index (χ0n) is 13.7. The lowest BCUT2D eigenvalue weighted by molar-refractivity contribution is 0.213. The number of thiophene rings is 1. The van der Waals surface area contributed by atoms with Crippen LogP contribution in [0.3, 0.4) is 0 Å². The van der Waals surface area contributed by atoms with E-state index in [1.54, 1.807) is 11.3 Å². The molecule has 0 fully saturated rings. The van der Waals surface area contributed by atoms with Crippen LogP contribution in [0.15, 0.2) is 40.1 Å². The highest BCUT2D eigenvalue weighted by Gasteiger charge is 2.15. The minimum absolute atomic E-state index is 0.227. The zero-order chi connectivity index (χ0) is 16.2. The number of furan rings is 1. The molecule has 0 unspecified atom stereocenters. The number of para-hydroxylation sites is 1. The van der Waals surface area contributed by atoms with Crippen molar-refractivity contribution in [2.75, 3.05) is 13.2 Å². The first kappa shape index (κ1) is 16.2. The second kappa shape index (κ2) is 7.30. The van der Waals surface area contributed by atoms with Gasteiger partial charge in [-0.15, -0.1) is 11.3 Å². The highest BCUT2D eigenvalue weighted by atomic mass is 32.1. The average Bonchev–Trinajstić information content (AvgIpc) is 3.09. The van der Waals surface area contributed by atoms with E-state index in [1.807, 2.05) is 19.1 Å². The van der Waals surface area contributed by atoms with Crippen molar-refractivity contribution in [2.24, 2.45) is 0 Å². The van der Waals surface area contributed by atoms with Crippen molar-refractivity contribution < 1.29 is 9.52 Å². The topological polar surface area (TPSA) is 36.6 Å². The van der Waals surface area contributed by atoms with E-state index >= 15 is 0 Å². The molecule has 3 nitrogen and oxygen atoms in total. The maximum absolute atomic E-state index is 9.21. The lowest BCUT2D eigenvalue weighted by atomic mass is 10.1. The van der Waals surface area contributed by atoms with Gasteiger partial charge in [0.1, 0.15) is 11.3 Å². The Morgan fingerprint density at radius 3 is 2.70 bits per heavy atom. The van der Waals surface area contributed by atoms with E-state index < -0.39 is 0 Å². The molecule has 0 aliphatic rings. The first-order valence-electron chi connectivity index (χ1n) is 8.02. The maximum Gasteiger partial charge on any atom is 0.134 e. The second-order valence-electron chi connectivity index (χ2n) is 5.95. The normalized spacial score (nSPS) is 11.7. The standard InChI is InChI=1S/C19H23NO2S/c1-14-8-11-23-19(14)13-20(9-5-10-21)12-17-15(2)22-18-7-4-3-6-16(17)18/h3-4,6-8,11,21H,5,9-10,12-13H2,1-2H3. The summed E-state index contributed by atoms with van der Waals surface area (Å²) in [6.07, 6.45) is 0.791. The minimum Gasteiger partial charge on any atom is -0.461 e. The molecule has 0 aliphatic carbocycles. The number of nitrogens with zero attached hydrogens (tertiary/aromatic N) is 1. The number of rotatable bonds is 7. The van der Waals surface area contributed by atoms with Crippen molar-refractivity contribution in [1.29, 1.82) is 0 Å². The van der Waals surface area contributed by atoms with Gasteiger partial charge in [-0.3, -0.25) is 4.90 Å². The van der Waals surface area contributed by atoms with E-state index in [4.69, 9.17) is 4.42 Å². The molecule has 3 rings (SSSR count).